The quantitative estimate of drug-likeness (QED) is 0.759. The summed E-state index contributed by atoms with van der Waals surface area (Å²) in [5, 5.41) is 2.28. The van der Waals surface area contributed by atoms with Gasteiger partial charge in [-0.15, -0.1) is 0 Å². The molecule has 94 valence electrons. The lowest BCUT2D eigenvalue weighted by atomic mass is 10.1. The number of carbonyl (C=O) groups excluding carboxylic acids is 1. The maximum atomic E-state index is 10.6. The number of benzene rings is 2. The van der Waals surface area contributed by atoms with Crippen molar-refractivity contribution in [3.8, 4) is 17.3 Å². The van der Waals surface area contributed by atoms with Crippen molar-refractivity contribution < 1.29 is 13.9 Å². The Hall–Kier alpha value is -2.75. The molecule has 3 aromatic rings. The molecule has 19 heavy (non-hydrogen) atoms. The average molecular weight is 253 g/mol. The van der Waals surface area contributed by atoms with E-state index in [1.54, 1.807) is 12.1 Å². The molecule has 0 spiro atoms. The molecule has 0 fully saturated rings. The van der Waals surface area contributed by atoms with E-state index in [4.69, 9.17) is 10.2 Å². The van der Waals surface area contributed by atoms with Crippen molar-refractivity contribution in [2.75, 3.05) is 0 Å². The topological polar surface area (TPSA) is 65.5 Å². The van der Waals surface area contributed by atoms with Crippen LogP contribution in [0.3, 0.4) is 0 Å². The molecule has 1 heterocycles. The summed E-state index contributed by atoms with van der Waals surface area (Å²) in [7, 11) is 0. The second-order valence-electron chi connectivity index (χ2n) is 4.10. The monoisotopic (exact) mass is 253 g/mol. The highest BCUT2D eigenvalue weighted by molar-refractivity contribution is 5.86. The maximum Gasteiger partial charge on any atom is 0.412 e. The van der Waals surface area contributed by atoms with Crippen LogP contribution in [0.4, 0.5) is 4.79 Å². The Bertz CT molecular complexity index is 746. The van der Waals surface area contributed by atoms with Crippen molar-refractivity contribution in [2.24, 2.45) is 5.73 Å². The van der Waals surface area contributed by atoms with Crippen LogP contribution in [-0.2, 0) is 0 Å². The summed E-state index contributed by atoms with van der Waals surface area (Å²) in [6, 6.07) is 17.3. The second-order valence-corrected chi connectivity index (χ2v) is 4.10. The third-order valence-electron chi connectivity index (χ3n) is 2.82. The molecule has 0 bridgehead atoms. The number of ether oxygens (including phenoxy) is 1. The minimum absolute atomic E-state index is 0.0932. The van der Waals surface area contributed by atoms with Crippen LogP contribution in [0.1, 0.15) is 0 Å². The fourth-order valence-electron chi connectivity index (χ4n) is 1.97. The number of primary amides is 1. The first-order valence-corrected chi connectivity index (χ1v) is 5.79. The van der Waals surface area contributed by atoms with Gasteiger partial charge in [0.1, 0.15) is 5.76 Å². The molecule has 0 saturated heterocycles. The first-order chi connectivity index (χ1) is 9.22. The van der Waals surface area contributed by atoms with Crippen LogP contribution in [0.2, 0.25) is 0 Å². The van der Waals surface area contributed by atoms with E-state index in [0.29, 0.717) is 5.76 Å². The molecule has 3 rings (SSSR count). The van der Waals surface area contributed by atoms with Gasteiger partial charge in [0.15, 0.2) is 0 Å². The predicted molar refractivity (Wildman–Crippen MR) is 71.9 cm³/mol. The third-order valence-corrected chi connectivity index (χ3v) is 2.82. The molecule has 2 N–H and O–H groups in total. The maximum absolute atomic E-state index is 10.6. The van der Waals surface area contributed by atoms with E-state index in [9.17, 15) is 4.79 Å². The smallest absolute Gasteiger partial charge is 0.412 e. The zero-order valence-corrected chi connectivity index (χ0v) is 10.00. The molecule has 4 heteroatoms. The first-order valence-electron chi connectivity index (χ1n) is 5.79. The summed E-state index contributed by atoms with van der Waals surface area (Å²) in [5.74, 6) is 0.720. The molecule has 4 nitrogen and oxygen atoms in total. The number of hydrogen-bond acceptors (Lipinski definition) is 3. The molecule has 0 aliphatic heterocycles. The van der Waals surface area contributed by atoms with E-state index in [1.807, 2.05) is 42.5 Å². The molecule has 0 atom stereocenters. The Balaban J connectivity index is 1.99. The molecule has 1 amide bonds. The summed E-state index contributed by atoms with van der Waals surface area (Å²) in [6.45, 7) is 0. The van der Waals surface area contributed by atoms with Crippen molar-refractivity contribution in [1.82, 2.24) is 0 Å². The van der Waals surface area contributed by atoms with Gasteiger partial charge in [-0.05, 0) is 22.9 Å². The average Bonchev–Trinajstić information content (AvgIpc) is 2.86. The van der Waals surface area contributed by atoms with E-state index in [0.717, 1.165) is 16.3 Å². The minimum atomic E-state index is -0.889. The Labute approximate surface area is 109 Å². The zero-order valence-electron chi connectivity index (χ0n) is 10.00. The van der Waals surface area contributed by atoms with Gasteiger partial charge in [-0.2, -0.15) is 0 Å². The van der Waals surface area contributed by atoms with Gasteiger partial charge in [0.05, 0.1) is 0 Å². The van der Waals surface area contributed by atoms with Gasteiger partial charge in [0.2, 0.25) is 0 Å². The number of furan rings is 1. The van der Waals surface area contributed by atoms with Gasteiger partial charge >= 0.3 is 6.09 Å². The van der Waals surface area contributed by atoms with E-state index < -0.39 is 6.09 Å². The fraction of sp³-hybridized carbons (Fsp3) is 0. The van der Waals surface area contributed by atoms with Crippen LogP contribution in [0.25, 0.3) is 22.1 Å². The SMILES string of the molecule is NC(=O)Oc1ccc(-c2ccc3ccccc3c2)o1. The molecule has 0 aliphatic rings. The van der Waals surface area contributed by atoms with Gasteiger partial charge < -0.3 is 14.9 Å². The summed E-state index contributed by atoms with van der Waals surface area (Å²) in [6.07, 6.45) is -0.889. The number of amides is 1. The predicted octanol–water partition coefficient (Wildman–Crippen LogP) is 3.56. The Morgan fingerprint density at radius 3 is 2.58 bits per heavy atom. The molecule has 2 aromatic carbocycles. The summed E-state index contributed by atoms with van der Waals surface area (Å²) in [5.41, 5.74) is 5.84. The standard InChI is InChI=1S/C15H11NO3/c16-15(17)19-14-8-7-13(18-14)12-6-5-10-3-1-2-4-11(10)9-12/h1-9H,(H2,16,17). The Morgan fingerprint density at radius 2 is 1.79 bits per heavy atom. The zero-order chi connectivity index (χ0) is 13.2. The summed E-state index contributed by atoms with van der Waals surface area (Å²) in [4.78, 5) is 10.6. The number of hydrogen-bond donors (Lipinski definition) is 1. The molecule has 1 aromatic heterocycles. The van der Waals surface area contributed by atoms with E-state index in [2.05, 4.69) is 4.74 Å². The highest BCUT2D eigenvalue weighted by atomic mass is 16.6. The molecule has 0 aliphatic carbocycles. The van der Waals surface area contributed by atoms with Gasteiger partial charge in [0, 0.05) is 11.6 Å². The first kappa shape index (κ1) is 11.3. The van der Waals surface area contributed by atoms with Crippen LogP contribution in [-0.4, -0.2) is 6.09 Å². The summed E-state index contributed by atoms with van der Waals surface area (Å²) >= 11 is 0. The Kier molecular flexibility index (Phi) is 2.68. The van der Waals surface area contributed by atoms with Gasteiger partial charge in [0.25, 0.3) is 5.95 Å². The van der Waals surface area contributed by atoms with Crippen LogP contribution < -0.4 is 10.5 Å². The fourth-order valence-corrected chi connectivity index (χ4v) is 1.97. The van der Waals surface area contributed by atoms with Gasteiger partial charge in [-0.25, -0.2) is 4.79 Å². The molecular weight excluding hydrogens is 242 g/mol. The molecule has 0 unspecified atom stereocenters. The number of carbonyl (C=O) groups is 1. The second kappa shape index (κ2) is 4.49. The van der Waals surface area contributed by atoms with Crippen molar-refractivity contribution in [2.45, 2.75) is 0 Å². The number of fused-ring (bicyclic) bond motifs is 1. The highest BCUT2D eigenvalue weighted by Crippen LogP contribution is 2.28. The molecule has 0 radical (unpaired) electrons. The largest absolute Gasteiger partial charge is 0.425 e. The lowest BCUT2D eigenvalue weighted by Gasteiger charge is -2.01. The van der Waals surface area contributed by atoms with Crippen LogP contribution in [0, 0.1) is 0 Å². The Morgan fingerprint density at radius 1 is 1.00 bits per heavy atom. The third kappa shape index (κ3) is 2.28. The summed E-state index contributed by atoms with van der Waals surface area (Å²) < 4.78 is 10.1. The van der Waals surface area contributed by atoms with Crippen molar-refractivity contribution >= 4 is 16.9 Å². The number of rotatable bonds is 2. The van der Waals surface area contributed by atoms with Gasteiger partial charge in [-0.3, -0.25) is 0 Å². The van der Waals surface area contributed by atoms with Crippen molar-refractivity contribution in [3.63, 3.8) is 0 Å². The lowest BCUT2D eigenvalue weighted by molar-refractivity contribution is 0.198. The van der Waals surface area contributed by atoms with E-state index in [-0.39, 0.29) is 5.95 Å². The minimum Gasteiger partial charge on any atom is -0.425 e. The van der Waals surface area contributed by atoms with Gasteiger partial charge in [-0.1, -0.05) is 36.4 Å². The molecular formula is C15H11NO3. The highest BCUT2D eigenvalue weighted by Gasteiger charge is 2.08. The number of nitrogens with two attached hydrogens (primary N) is 1. The van der Waals surface area contributed by atoms with Crippen LogP contribution >= 0.6 is 0 Å². The normalized spacial score (nSPS) is 10.5. The van der Waals surface area contributed by atoms with Crippen molar-refractivity contribution in [3.05, 3.63) is 54.6 Å². The van der Waals surface area contributed by atoms with E-state index >= 15 is 0 Å². The van der Waals surface area contributed by atoms with Crippen LogP contribution in [0.5, 0.6) is 5.95 Å². The lowest BCUT2D eigenvalue weighted by Crippen LogP contribution is -2.15. The molecule has 0 saturated carbocycles. The van der Waals surface area contributed by atoms with E-state index in [1.165, 1.54) is 0 Å². The van der Waals surface area contributed by atoms with Crippen LogP contribution in [0.15, 0.2) is 59.0 Å². The van der Waals surface area contributed by atoms with Crippen molar-refractivity contribution in [1.29, 1.82) is 0 Å².